The van der Waals surface area contributed by atoms with Crippen LogP contribution in [0.1, 0.15) is 34.1 Å². The SMILES string of the molecule is CC(C(=O)O)C1CN(C(=O)CCNC(C)(C)C)C1. The maximum atomic E-state index is 11.8. The van der Waals surface area contributed by atoms with Crippen molar-refractivity contribution in [3.8, 4) is 0 Å². The standard InChI is InChI=1S/C13H24N2O3/c1-9(12(17)18)10-7-15(8-10)11(16)5-6-14-13(2,3)4/h9-10,14H,5-8H2,1-4H3,(H,17,18). The van der Waals surface area contributed by atoms with Gasteiger partial charge in [-0.25, -0.2) is 0 Å². The van der Waals surface area contributed by atoms with E-state index in [0.717, 1.165) is 0 Å². The molecule has 0 aromatic carbocycles. The van der Waals surface area contributed by atoms with E-state index >= 15 is 0 Å². The first-order valence-electron chi connectivity index (χ1n) is 6.46. The van der Waals surface area contributed by atoms with Gasteiger partial charge >= 0.3 is 5.97 Å². The molecule has 0 aromatic heterocycles. The van der Waals surface area contributed by atoms with Crippen molar-refractivity contribution in [3.05, 3.63) is 0 Å². The Kier molecular flexibility index (Phi) is 4.73. The van der Waals surface area contributed by atoms with Crippen LogP contribution >= 0.6 is 0 Å². The van der Waals surface area contributed by atoms with Crippen molar-refractivity contribution in [1.29, 1.82) is 0 Å². The molecule has 18 heavy (non-hydrogen) atoms. The van der Waals surface area contributed by atoms with Crippen LogP contribution in [0.5, 0.6) is 0 Å². The van der Waals surface area contributed by atoms with Gasteiger partial charge in [-0.2, -0.15) is 0 Å². The lowest BCUT2D eigenvalue weighted by atomic mass is 9.87. The highest BCUT2D eigenvalue weighted by atomic mass is 16.4. The largest absolute Gasteiger partial charge is 0.481 e. The van der Waals surface area contributed by atoms with Gasteiger partial charge in [-0.15, -0.1) is 0 Å². The summed E-state index contributed by atoms with van der Waals surface area (Å²) in [5.41, 5.74) is 0.0234. The molecule has 1 unspecified atom stereocenters. The fourth-order valence-corrected chi connectivity index (χ4v) is 1.94. The smallest absolute Gasteiger partial charge is 0.306 e. The Bertz CT molecular complexity index is 317. The molecule has 1 atom stereocenters. The monoisotopic (exact) mass is 256 g/mol. The highest BCUT2D eigenvalue weighted by molar-refractivity contribution is 5.78. The fourth-order valence-electron chi connectivity index (χ4n) is 1.94. The van der Waals surface area contributed by atoms with E-state index in [0.29, 0.717) is 26.1 Å². The van der Waals surface area contributed by atoms with Gasteiger partial charge in [0.05, 0.1) is 5.92 Å². The number of nitrogens with one attached hydrogen (secondary N) is 1. The second kappa shape index (κ2) is 5.69. The van der Waals surface area contributed by atoms with Crippen molar-refractivity contribution in [2.75, 3.05) is 19.6 Å². The van der Waals surface area contributed by atoms with Crippen molar-refractivity contribution in [2.24, 2.45) is 11.8 Å². The van der Waals surface area contributed by atoms with Crippen LogP contribution in [-0.4, -0.2) is 47.1 Å². The third-order valence-corrected chi connectivity index (χ3v) is 3.35. The van der Waals surface area contributed by atoms with Crippen molar-refractivity contribution in [1.82, 2.24) is 10.2 Å². The van der Waals surface area contributed by atoms with Gasteiger partial charge in [0.1, 0.15) is 0 Å². The van der Waals surface area contributed by atoms with Crippen molar-refractivity contribution in [2.45, 2.75) is 39.7 Å². The van der Waals surface area contributed by atoms with Crippen LogP contribution in [0.15, 0.2) is 0 Å². The maximum Gasteiger partial charge on any atom is 0.306 e. The number of carboxylic acid groups (broad SMARTS) is 1. The summed E-state index contributed by atoms with van der Waals surface area (Å²) in [7, 11) is 0. The molecule has 2 N–H and O–H groups in total. The van der Waals surface area contributed by atoms with Gasteiger partial charge in [-0.05, 0) is 20.8 Å². The molecule has 104 valence electrons. The number of amides is 1. The lowest BCUT2D eigenvalue weighted by Crippen LogP contribution is -2.54. The van der Waals surface area contributed by atoms with Crippen molar-refractivity contribution >= 4 is 11.9 Å². The third-order valence-electron chi connectivity index (χ3n) is 3.35. The minimum Gasteiger partial charge on any atom is -0.481 e. The first-order chi connectivity index (χ1) is 8.20. The summed E-state index contributed by atoms with van der Waals surface area (Å²) < 4.78 is 0. The van der Waals surface area contributed by atoms with E-state index in [9.17, 15) is 9.59 Å². The molecule has 5 nitrogen and oxygen atoms in total. The molecule has 1 rings (SSSR count). The summed E-state index contributed by atoms with van der Waals surface area (Å²) in [4.78, 5) is 24.3. The molecule has 1 heterocycles. The number of carbonyl (C=O) groups excluding carboxylic acids is 1. The summed E-state index contributed by atoms with van der Waals surface area (Å²) >= 11 is 0. The van der Waals surface area contributed by atoms with E-state index in [2.05, 4.69) is 26.1 Å². The Labute approximate surface area is 109 Å². The molecule has 1 fully saturated rings. The molecule has 0 aromatic rings. The number of hydrogen-bond donors (Lipinski definition) is 2. The lowest BCUT2D eigenvalue weighted by molar-refractivity contribution is -0.150. The van der Waals surface area contributed by atoms with Gasteiger partial charge in [-0.1, -0.05) is 6.92 Å². The summed E-state index contributed by atoms with van der Waals surface area (Å²) in [6, 6.07) is 0. The predicted molar refractivity (Wildman–Crippen MR) is 69.2 cm³/mol. The van der Waals surface area contributed by atoms with Crippen LogP contribution in [-0.2, 0) is 9.59 Å². The molecule has 1 aliphatic heterocycles. The second-order valence-corrected chi connectivity index (χ2v) is 6.11. The van der Waals surface area contributed by atoms with Gasteiger partial charge in [0.2, 0.25) is 5.91 Å². The summed E-state index contributed by atoms with van der Waals surface area (Å²) in [5.74, 6) is -0.911. The molecule has 0 aliphatic carbocycles. The van der Waals surface area contributed by atoms with Gasteiger partial charge in [-0.3, -0.25) is 9.59 Å². The first-order valence-corrected chi connectivity index (χ1v) is 6.46. The Balaban J connectivity index is 2.21. The summed E-state index contributed by atoms with van der Waals surface area (Å²) in [5, 5.41) is 12.1. The fraction of sp³-hybridized carbons (Fsp3) is 0.846. The van der Waals surface area contributed by atoms with E-state index in [-0.39, 0.29) is 23.3 Å². The quantitative estimate of drug-likeness (QED) is 0.768. The first kappa shape index (κ1) is 15.0. The van der Waals surface area contributed by atoms with E-state index in [1.807, 2.05) is 0 Å². The average molecular weight is 256 g/mol. The molecule has 1 aliphatic rings. The Morgan fingerprint density at radius 2 is 1.94 bits per heavy atom. The van der Waals surface area contributed by atoms with E-state index in [1.165, 1.54) is 0 Å². The lowest BCUT2D eigenvalue weighted by Gasteiger charge is -2.41. The second-order valence-electron chi connectivity index (χ2n) is 6.11. The van der Waals surface area contributed by atoms with Gasteiger partial charge < -0.3 is 15.3 Å². The molecule has 5 heteroatoms. The zero-order valence-corrected chi connectivity index (χ0v) is 11.7. The van der Waals surface area contributed by atoms with E-state index in [1.54, 1.807) is 11.8 Å². The number of hydrogen-bond acceptors (Lipinski definition) is 3. The topological polar surface area (TPSA) is 69.6 Å². The van der Waals surface area contributed by atoms with Crippen LogP contribution in [0, 0.1) is 11.8 Å². The van der Waals surface area contributed by atoms with Crippen LogP contribution in [0.4, 0.5) is 0 Å². The van der Waals surface area contributed by atoms with Crippen LogP contribution in [0.25, 0.3) is 0 Å². The van der Waals surface area contributed by atoms with Gasteiger partial charge in [0.15, 0.2) is 0 Å². The van der Waals surface area contributed by atoms with E-state index < -0.39 is 5.97 Å². The van der Waals surface area contributed by atoms with Gasteiger partial charge in [0.25, 0.3) is 0 Å². The minimum atomic E-state index is -0.776. The molecule has 0 spiro atoms. The molecule has 0 bridgehead atoms. The third kappa shape index (κ3) is 4.29. The highest BCUT2D eigenvalue weighted by Gasteiger charge is 2.36. The maximum absolute atomic E-state index is 11.8. The Morgan fingerprint density at radius 1 is 1.39 bits per heavy atom. The average Bonchev–Trinajstić information content (AvgIpc) is 2.12. The molecule has 1 amide bonds. The zero-order valence-electron chi connectivity index (χ0n) is 11.7. The molecule has 0 saturated carbocycles. The minimum absolute atomic E-state index is 0.0234. The number of aliphatic carboxylic acids is 1. The normalized spacial score (nSPS) is 18.3. The van der Waals surface area contributed by atoms with Crippen molar-refractivity contribution < 1.29 is 14.7 Å². The number of nitrogens with zero attached hydrogens (tertiary/aromatic N) is 1. The molecular weight excluding hydrogens is 232 g/mol. The Morgan fingerprint density at radius 3 is 2.39 bits per heavy atom. The summed E-state index contributed by atoms with van der Waals surface area (Å²) in [6.45, 7) is 9.72. The van der Waals surface area contributed by atoms with E-state index in [4.69, 9.17) is 5.11 Å². The number of carbonyl (C=O) groups is 2. The molecule has 1 saturated heterocycles. The van der Waals surface area contributed by atoms with Crippen molar-refractivity contribution in [3.63, 3.8) is 0 Å². The predicted octanol–water partition coefficient (Wildman–Crippen LogP) is 0.944. The zero-order chi connectivity index (χ0) is 13.9. The summed E-state index contributed by atoms with van der Waals surface area (Å²) in [6.07, 6.45) is 0.478. The number of rotatable bonds is 5. The molecule has 0 radical (unpaired) electrons. The van der Waals surface area contributed by atoms with Crippen LogP contribution < -0.4 is 5.32 Å². The highest BCUT2D eigenvalue weighted by Crippen LogP contribution is 2.24. The van der Waals surface area contributed by atoms with Crippen LogP contribution in [0.2, 0.25) is 0 Å². The number of carboxylic acids is 1. The van der Waals surface area contributed by atoms with Gasteiger partial charge in [0, 0.05) is 37.5 Å². The van der Waals surface area contributed by atoms with Crippen LogP contribution in [0.3, 0.4) is 0 Å². The number of likely N-dealkylation sites (tertiary alicyclic amines) is 1. The Hall–Kier alpha value is -1.10. The molecular formula is C13H24N2O3.